The summed E-state index contributed by atoms with van der Waals surface area (Å²) >= 11 is 5.20. The molecule has 21 heavy (non-hydrogen) atoms. The van der Waals surface area contributed by atoms with Crippen LogP contribution in [-0.2, 0) is 11.3 Å². The zero-order chi connectivity index (χ0) is 14.2. The maximum absolute atomic E-state index is 5.34. The Hall–Kier alpha value is 0.1000. The van der Waals surface area contributed by atoms with Crippen LogP contribution in [0.3, 0.4) is 0 Å². The van der Waals surface area contributed by atoms with Crippen LogP contribution in [0.4, 0.5) is 0 Å². The summed E-state index contributed by atoms with van der Waals surface area (Å²) in [5.41, 5.74) is 0. The van der Waals surface area contributed by atoms with Crippen LogP contribution in [0.5, 0.6) is 0 Å². The summed E-state index contributed by atoms with van der Waals surface area (Å²) in [4.78, 5) is 7.92. The minimum absolute atomic E-state index is 0. The minimum atomic E-state index is 0. The highest BCUT2D eigenvalue weighted by Crippen LogP contribution is 2.19. The van der Waals surface area contributed by atoms with Gasteiger partial charge in [0, 0.05) is 48.0 Å². The molecular weight excluding hydrogens is 467 g/mol. The topological polar surface area (TPSA) is 48.9 Å². The molecule has 5 nitrogen and oxygen atoms in total. The lowest BCUT2D eigenvalue weighted by Crippen LogP contribution is -2.44. The lowest BCUT2D eigenvalue weighted by atomic mass is 10.4. The Labute approximate surface area is 155 Å². The van der Waals surface area contributed by atoms with E-state index in [9.17, 15) is 0 Å². The van der Waals surface area contributed by atoms with Gasteiger partial charge in [0.05, 0.1) is 19.8 Å². The van der Waals surface area contributed by atoms with Gasteiger partial charge in [0.2, 0.25) is 0 Å². The Morgan fingerprint density at radius 1 is 1.43 bits per heavy atom. The Bertz CT molecular complexity index is 438. The van der Waals surface area contributed by atoms with Crippen molar-refractivity contribution in [2.45, 2.75) is 6.54 Å². The third-order valence-corrected chi connectivity index (χ3v) is 4.80. The van der Waals surface area contributed by atoms with E-state index in [-0.39, 0.29) is 24.0 Å². The highest BCUT2D eigenvalue weighted by atomic mass is 127. The summed E-state index contributed by atoms with van der Waals surface area (Å²) in [6.45, 7) is 6.46. The molecule has 120 valence electrons. The fraction of sp³-hybridized carbons (Fsp3) is 0.615. The van der Waals surface area contributed by atoms with Crippen molar-refractivity contribution in [1.82, 2.24) is 15.5 Å². The van der Waals surface area contributed by atoms with Crippen molar-refractivity contribution < 1.29 is 4.74 Å². The van der Waals surface area contributed by atoms with Crippen LogP contribution in [-0.4, -0.2) is 57.3 Å². The summed E-state index contributed by atoms with van der Waals surface area (Å²) in [5.74, 6) is 0.850. The third-order valence-electron chi connectivity index (χ3n) is 3.10. The third kappa shape index (κ3) is 7.27. The summed E-state index contributed by atoms with van der Waals surface area (Å²) in [7, 11) is 1.80. The highest BCUT2D eigenvalue weighted by molar-refractivity contribution is 14.0. The van der Waals surface area contributed by atoms with Gasteiger partial charge in [-0.3, -0.25) is 9.89 Å². The first-order valence-electron chi connectivity index (χ1n) is 6.75. The van der Waals surface area contributed by atoms with Gasteiger partial charge < -0.3 is 15.4 Å². The van der Waals surface area contributed by atoms with Gasteiger partial charge in [0.25, 0.3) is 0 Å². The van der Waals surface area contributed by atoms with E-state index < -0.39 is 0 Å². The molecule has 1 saturated heterocycles. The zero-order valence-corrected chi connectivity index (χ0v) is 16.8. The first-order valence-corrected chi connectivity index (χ1v) is 8.42. The molecule has 0 radical (unpaired) electrons. The molecule has 0 unspecified atom stereocenters. The average Bonchev–Trinajstić information content (AvgIpc) is 2.89. The number of nitrogens with one attached hydrogen (secondary N) is 2. The van der Waals surface area contributed by atoms with Crippen molar-refractivity contribution in [2.24, 2.45) is 4.99 Å². The Morgan fingerprint density at radius 3 is 2.81 bits per heavy atom. The van der Waals surface area contributed by atoms with E-state index >= 15 is 0 Å². The molecule has 2 N–H and O–H groups in total. The molecule has 2 rings (SSSR count). The van der Waals surface area contributed by atoms with E-state index in [0.29, 0.717) is 0 Å². The van der Waals surface area contributed by atoms with Gasteiger partial charge in [0.15, 0.2) is 5.96 Å². The fourth-order valence-corrected chi connectivity index (χ4v) is 3.39. The lowest BCUT2D eigenvalue weighted by molar-refractivity contribution is 0.0389. The van der Waals surface area contributed by atoms with Crippen molar-refractivity contribution in [3.05, 3.63) is 20.8 Å². The average molecular weight is 489 g/mol. The SMILES string of the molecule is CN=C(NCCN1CCOCC1)NCc1cc(Br)cs1.I. The van der Waals surface area contributed by atoms with Crippen LogP contribution < -0.4 is 10.6 Å². The Balaban J connectivity index is 0.00000220. The van der Waals surface area contributed by atoms with Gasteiger partial charge in [-0.05, 0) is 22.0 Å². The van der Waals surface area contributed by atoms with Crippen LogP contribution in [0.2, 0.25) is 0 Å². The monoisotopic (exact) mass is 488 g/mol. The van der Waals surface area contributed by atoms with Gasteiger partial charge in [-0.15, -0.1) is 35.3 Å². The molecule has 1 aromatic rings. The van der Waals surface area contributed by atoms with Gasteiger partial charge >= 0.3 is 0 Å². The highest BCUT2D eigenvalue weighted by Gasteiger charge is 2.09. The molecule has 0 amide bonds. The quantitative estimate of drug-likeness (QED) is 0.378. The number of aliphatic imine (C=N–C) groups is 1. The maximum atomic E-state index is 5.34. The van der Waals surface area contributed by atoms with Crippen molar-refractivity contribution in [3.8, 4) is 0 Å². The number of nitrogens with zero attached hydrogens (tertiary/aromatic N) is 2. The molecule has 0 atom stereocenters. The van der Waals surface area contributed by atoms with Gasteiger partial charge in [-0.2, -0.15) is 0 Å². The summed E-state index contributed by atoms with van der Waals surface area (Å²) in [6, 6.07) is 2.12. The predicted molar refractivity (Wildman–Crippen MR) is 103 cm³/mol. The number of ether oxygens (including phenoxy) is 1. The van der Waals surface area contributed by atoms with E-state index in [1.165, 1.54) is 4.88 Å². The molecule has 1 fully saturated rings. The zero-order valence-electron chi connectivity index (χ0n) is 12.1. The number of guanidine groups is 1. The van der Waals surface area contributed by atoms with E-state index in [1.54, 1.807) is 18.4 Å². The largest absolute Gasteiger partial charge is 0.379 e. The maximum Gasteiger partial charge on any atom is 0.191 e. The Morgan fingerprint density at radius 2 is 2.19 bits per heavy atom. The van der Waals surface area contributed by atoms with Crippen LogP contribution in [0.1, 0.15) is 4.88 Å². The number of hydrogen-bond donors (Lipinski definition) is 2. The van der Waals surface area contributed by atoms with E-state index in [4.69, 9.17) is 4.74 Å². The Kier molecular flexibility index (Phi) is 9.81. The number of halogens is 2. The second-order valence-corrected chi connectivity index (χ2v) is 6.45. The molecule has 1 aliphatic heterocycles. The van der Waals surface area contributed by atoms with Crippen molar-refractivity contribution in [3.63, 3.8) is 0 Å². The van der Waals surface area contributed by atoms with Crippen LogP contribution in [0.25, 0.3) is 0 Å². The molecule has 2 heterocycles. The summed E-state index contributed by atoms with van der Waals surface area (Å²) in [6.07, 6.45) is 0. The summed E-state index contributed by atoms with van der Waals surface area (Å²) < 4.78 is 6.47. The molecule has 0 aliphatic carbocycles. The number of rotatable bonds is 5. The van der Waals surface area contributed by atoms with Crippen LogP contribution in [0, 0.1) is 0 Å². The van der Waals surface area contributed by atoms with Gasteiger partial charge in [0.1, 0.15) is 0 Å². The standard InChI is InChI=1S/C13H21BrN4OS.HI/c1-15-13(17-9-12-8-11(14)10-20-12)16-2-3-18-4-6-19-7-5-18;/h8,10H,2-7,9H2,1H3,(H2,15,16,17);1H. The second-order valence-electron chi connectivity index (χ2n) is 4.54. The molecule has 1 aliphatic rings. The fourth-order valence-electron chi connectivity index (χ4n) is 2.00. The summed E-state index contributed by atoms with van der Waals surface area (Å²) in [5, 5.41) is 8.75. The lowest BCUT2D eigenvalue weighted by Gasteiger charge is -2.26. The molecule has 0 spiro atoms. The minimum Gasteiger partial charge on any atom is -0.379 e. The van der Waals surface area contributed by atoms with Crippen molar-refractivity contribution in [1.29, 1.82) is 0 Å². The second kappa shape index (κ2) is 10.8. The molecule has 0 bridgehead atoms. The van der Waals surface area contributed by atoms with E-state index in [0.717, 1.165) is 56.4 Å². The van der Waals surface area contributed by atoms with Gasteiger partial charge in [-0.1, -0.05) is 0 Å². The molecule has 0 aromatic carbocycles. The molecule has 0 saturated carbocycles. The predicted octanol–water partition coefficient (Wildman–Crippen LogP) is 2.13. The van der Waals surface area contributed by atoms with E-state index in [2.05, 4.69) is 47.9 Å². The first kappa shape index (κ1) is 19.1. The van der Waals surface area contributed by atoms with Crippen LogP contribution in [0.15, 0.2) is 20.9 Å². The van der Waals surface area contributed by atoms with Crippen LogP contribution >= 0.6 is 51.2 Å². The smallest absolute Gasteiger partial charge is 0.191 e. The molecular formula is C13H22BrIN4OS. The number of morpholine rings is 1. The molecule has 1 aromatic heterocycles. The van der Waals surface area contributed by atoms with Crippen molar-refractivity contribution >= 4 is 57.2 Å². The normalized spacial score (nSPS) is 16.4. The molecule has 8 heteroatoms. The van der Waals surface area contributed by atoms with Crippen molar-refractivity contribution in [2.75, 3.05) is 46.4 Å². The number of thiophene rings is 1. The number of hydrogen-bond acceptors (Lipinski definition) is 4. The van der Waals surface area contributed by atoms with E-state index in [1.807, 2.05) is 0 Å². The van der Waals surface area contributed by atoms with Gasteiger partial charge in [-0.25, -0.2) is 0 Å². The first-order chi connectivity index (χ1) is 9.78.